The number of fused-ring (bicyclic) bond motifs is 1. The molecule has 5 nitrogen and oxygen atoms in total. The molecular weight excluding hydrogens is 278 g/mol. The predicted octanol–water partition coefficient (Wildman–Crippen LogP) is 1.46. The zero-order valence-corrected chi connectivity index (χ0v) is 13.3. The molecule has 0 amide bonds. The molecule has 1 spiro atoms. The fourth-order valence-corrected chi connectivity index (χ4v) is 3.89. The number of anilines is 2. The van der Waals surface area contributed by atoms with Gasteiger partial charge in [0.1, 0.15) is 12.4 Å². The van der Waals surface area contributed by atoms with Crippen LogP contribution in [0.15, 0.2) is 18.2 Å². The smallest absolute Gasteiger partial charge is 0.142 e. The van der Waals surface area contributed by atoms with E-state index in [1.807, 2.05) is 0 Å². The Kier molecular flexibility index (Phi) is 3.42. The van der Waals surface area contributed by atoms with Crippen molar-refractivity contribution >= 4 is 11.4 Å². The number of likely N-dealkylation sites (N-methyl/N-ethyl adjacent to an activating group) is 1. The van der Waals surface area contributed by atoms with Crippen LogP contribution in [0.5, 0.6) is 5.75 Å². The van der Waals surface area contributed by atoms with E-state index in [0.717, 1.165) is 44.3 Å². The van der Waals surface area contributed by atoms with Gasteiger partial charge >= 0.3 is 0 Å². The monoisotopic (exact) mass is 303 g/mol. The summed E-state index contributed by atoms with van der Waals surface area (Å²) < 4.78 is 11.3. The number of nitrogens with two attached hydrogens (primary N) is 1. The molecule has 22 heavy (non-hydrogen) atoms. The normalized spacial score (nSPS) is 26.9. The topological polar surface area (TPSA) is 51.0 Å². The van der Waals surface area contributed by atoms with Crippen molar-refractivity contribution in [2.75, 3.05) is 56.3 Å². The molecule has 0 unspecified atom stereocenters. The lowest BCUT2D eigenvalue weighted by Gasteiger charge is -2.53. The zero-order valence-electron chi connectivity index (χ0n) is 13.3. The average Bonchev–Trinajstić information content (AvgIpc) is 2.64. The first-order chi connectivity index (χ1) is 10.7. The molecule has 4 rings (SSSR count). The van der Waals surface area contributed by atoms with E-state index in [4.69, 9.17) is 15.2 Å². The molecule has 3 heterocycles. The van der Waals surface area contributed by atoms with Crippen LogP contribution in [-0.4, -0.2) is 52.5 Å². The van der Waals surface area contributed by atoms with Crippen molar-refractivity contribution in [3.63, 3.8) is 0 Å². The molecule has 0 aliphatic carbocycles. The van der Waals surface area contributed by atoms with Crippen LogP contribution in [0, 0.1) is 5.41 Å². The Balaban J connectivity index is 1.51. The lowest BCUT2D eigenvalue weighted by atomic mass is 9.73. The molecular formula is C17H25N3O2. The number of nitrogens with zero attached hydrogens (tertiary/aromatic N) is 2. The van der Waals surface area contributed by atoms with Crippen LogP contribution in [0.4, 0.5) is 11.4 Å². The Bertz CT molecular complexity index is 549. The molecule has 3 aliphatic heterocycles. The lowest BCUT2D eigenvalue weighted by molar-refractivity contribution is -0.000189. The first-order valence-electron chi connectivity index (χ1n) is 8.22. The molecule has 1 aromatic rings. The maximum atomic E-state index is 6.04. The third kappa shape index (κ3) is 2.42. The predicted molar refractivity (Wildman–Crippen MR) is 87.9 cm³/mol. The molecule has 2 N–H and O–H groups in total. The fourth-order valence-electron chi connectivity index (χ4n) is 3.89. The van der Waals surface area contributed by atoms with E-state index in [0.29, 0.717) is 12.0 Å². The fraction of sp³-hybridized carbons (Fsp3) is 0.647. The molecule has 5 heteroatoms. The summed E-state index contributed by atoms with van der Waals surface area (Å²) in [7, 11) is 2.09. The van der Waals surface area contributed by atoms with Crippen LogP contribution >= 0.6 is 0 Å². The maximum absolute atomic E-state index is 6.04. The Morgan fingerprint density at radius 3 is 2.77 bits per heavy atom. The quantitative estimate of drug-likeness (QED) is 0.851. The number of hydrogen-bond acceptors (Lipinski definition) is 5. The van der Waals surface area contributed by atoms with E-state index in [1.165, 1.54) is 18.5 Å². The summed E-state index contributed by atoms with van der Waals surface area (Å²) in [4.78, 5) is 4.69. The number of rotatable bonds is 1. The van der Waals surface area contributed by atoms with Crippen molar-refractivity contribution < 1.29 is 9.47 Å². The van der Waals surface area contributed by atoms with Gasteiger partial charge in [-0.05, 0) is 31.0 Å². The SMILES string of the molecule is CN1C[C@H](N)COc2ccc(N3CC4(CCOCC4)C3)cc21. The van der Waals surface area contributed by atoms with Gasteiger partial charge in [-0.25, -0.2) is 0 Å². The van der Waals surface area contributed by atoms with Gasteiger partial charge in [-0.3, -0.25) is 0 Å². The summed E-state index contributed by atoms with van der Waals surface area (Å²) in [6.07, 6.45) is 2.40. The highest BCUT2D eigenvalue weighted by Crippen LogP contribution is 2.44. The minimum atomic E-state index is 0.0652. The number of hydrogen-bond donors (Lipinski definition) is 1. The van der Waals surface area contributed by atoms with Crippen molar-refractivity contribution in [2.24, 2.45) is 11.1 Å². The second-order valence-electron chi connectivity index (χ2n) is 7.07. The van der Waals surface area contributed by atoms with Crippen molar-refractivity contribution in [1.82, 2.24) is 0 Å². The van der Waals surface area contributed by atoms with Crippen molar-refractivity contribution in [1.29, 1.82) is 0 Å². The molecule has 3 aliphatic rings. The van der Waals surface area contributed by atoms with Gasteiger partial charge < -0.3 is 25.0 Å². The number of ether oxygens (including phenoxy) is 2. The standard InChI is InChI=1S/C17H25N3O2/c1-19-9-13(18)10-22-16-3-2-14(8-15(16)19)20-11-17(12-20)4-6-21-7-5-17/h2-3,8,13H,4-7,9-12,18H2,1H3/t13-/m0/s1. The Morgan fingerprint density at radius 1 is 1.23 bits per heavy atom. The molecule has 0 aromatic heterocycles. The third-order valence-electron chi connectivity index (χ3n) is 5.29. The van der Waals surface area contributed by atoms with E-state index in [9.17, 15) is 0 Å². The van der Waals surface area contributed by atoms with Gasteiger partial charge in [-0.2, -0.15) is 0 Å². The van der Waals surface area contributed by atoms with Gasteiger partial charge in [0, 0.05) is 51.0 Å². The molecule has 2 saturated heterocycles. The number of benzene rings is 1. The Morgan fingerprint density at radius 2 is 2.00 bits per heavy atom. The highest BCUT2D eigenvalue weighted by molar-refractivity contribution is 5.68. The highest BCUT2D eigenvalue weighted by Gasteiger charge is 2.44. The van der Waals surface area contributed by atoms with Crippen LogP contribution in [0.2, 0.25) is 0 Å². The molecule has 2 fully saturated rings. The largest absolute Gasteiger partial charge is 0.490 e. The first-order valence-corrected chi connectivity index (χ1v) is 8.22. The third-order valence-corrected chi connectivity index (χ3v) is 5.29. The first kappa shape index (κ1) is 14.2. The van der Waals surface area contributed by atoms with Gasteiger partial charge in [-0.15, -0.1) is 0 Å². The van der Waals surface area contributed by atoms with Crippen LogP contribution in [0.25, 0.3) is 0 Å². The summed E-state index contributed by atoms with van der Waals surface area (Å²) in [5.41, 5.74) is 8.98. The summed E-state index contributed by atoms with van der Waals surface area (Å²) in [5.74, 6) is 0.945. The molecule has 1 atom stereocenters. The van der Waals surface area contributed by atoms with Gasteiger partial charge in [0.2, 0.25) is 0 Å². The molecule has 120 valence electrons. The van der Waals surface area contributed by atoms with Gasteiger partial charge in [0.05, 0.1) is 11.7 Å². The molecule has 0 radical (unpaired) electrons. The average molecular weight is 303 g/mol. The maximum Gasteiger partial charge on any atom is 0.142 e. The molecule has 0 bridgehead atoms. The van der Waals surface area contributed by atoms with Crippen LogP contribution in [-0.2, 0) is 4.74 Å². The minimum absolute atomic E-state index is 0.0652. The highest BCUT2D eigenvalue weighted by atomic mass is 16.5. The van der Waals surface area contributed by atoms with Gasteiger partial charge in [0.15, 0.2) is 0 Å². The summed E-state index contributed by atoms with van der Waals surface area (Å²) >= 11 is 0. The van der Waals surface area contributed by atoms with Crippen LogP contribution < -0.4 is 20.3 Å². The van der Waals surface area contributed by atoms with Crippen molar-refractivity contribution in [2.45, 2.75) is 18.9 Å². The minimum Gasteiger partial charge on any atom is -0.490 e. The van der Waals surface area contributed by atoms with Gasteiger partial charge in [0.25, 0.3) is 0 Å². The summed E-state index contributed by atoms with van der Waals surface area (Å²) in [5, 5.41) is 0. The van der Waals surface area contributed by atoms with Crippen molar-refractivity contribution in [3.8, 4) is 5.75 Å². The Labute approximate surface area is 132 Å². The van der Waals surface area contributed by atoms with E-state index < -0.39 is 0 Å². The lowest BCUT2D eigenvalue weighted by Crippen LogP contribution is -2.58. The second-order valence-corrected chi connectivity index (χ2v) is 7.07. The molecule has 0 saturated carbocycles. The van der Waals surface area contributed by atoms with E-state index >= 15 is 0 Å². The molecule has 1 aromatic carbocycles. The van der Waals surface area contributed by atoms with E-state index in [-0.39, 0.29) is 6.04 Å². The van der Waals surface area contributed by atoms with E-state index in [1.54, 1.807) is 0 Å². The Hall–Kier alpha value is -1.46. The van der Waals surface area contributed by atoms with Crippen LogP contribution in [0.3, 0.4) is 0 Å². The summed E-state index contributed by atoms with van der Waals surface area (Å²) in [6.45, 7) is 5.57. The zero-order chi connectivity index (χ0) is 15.2. The van der Waals surface area contributed by atoms with Crippen molar-refractivity contribution in [3.05, 3.63) is 18.2 Å². The van der Waals surface area contributed by atoms with E-state index in [2.05, 4.69) is 35.0 Å². The summed E-state index contributed by atoms with van der Waals surface area (Å²) in [6, 6.07) is 6.58. The van der Waals surface area contributed by atoms with Crippen LogP contribution in [0.1, 0.15) is 12.8 Å². The second kappa shape index (κ2) is 5.32. The van der Waals surface area contributed by atoms with Gasteiger partial charge in [-0.1, -0.05) is 0 Å².